The molecule has 67 heavy (non-hydrogen) atoms. The summed E-state index contributed by atoms with van der Waals surface area (Å²) in [5, 5.41) is 9.13. The van der Waals surface area contributed by atoms with Crippen molar-refractivity contribution in [3.05, 3.63) is 247 Å². The SMILES string of the molecule is O=P1(c2ccccc2)c2ccccc2C2(c3ccccc3Oc3cc(-n4c5ccccc5c5cc6c(cc54)c4ccccc4n6-c4ccccc4)ccc32)c2cc3c(cc21)oc1ccccc13. The fourth-order valence-corrected chi connectivity index (χ4v) is 15.1. The van der Waals surface area contributed by atoms with E-state index < -0.39 is 12.6 Å². The van der Waals surface area contributed by atoms with Crippen LogP contribution in [-0.4, -0.2) is 9.13 Å². The van der Waals surface area contributed by atoms with Crippen molar-refractivity contribution in [1.82, 2.24) is 9.13 Å². The summed E-state index contributed by atoms with van der Waals surface area (Å²) in [5.41, 5.74) is 11.2. The Labute approximate surface area is 384 Å². The number of aromatic nitrogens is 2. The summed E-state index contributed by atoms with van der Waals surface area (Å²) in [6, 6.07) is 78.8. The molecule has 2 aliphatic rings. The maximum atomic E-state index is 16.6. The first-order chi connectivity index (χ1) is 33.1. The molecule has 314 valence electrons. The Morgan fingerprint density at radius 3 is 1.69 bits per heavy atom. The lowest BCUT2D eigenvalue weighted by Gasteiger charge is -2.47. The van der Waals surface area contributed by atoms with Crippen LogP contribution in [0.2, 0.25) is 0 Å². The Balaban J connectivity index is 1.04. The molecule has 2 unspecified atom stereocenters. The quantitative estimate of drug-likeness (QED) is 0.166. The molecule has 6 heteroatoms. The smallest absolute Gasteiger partial charge is 0.171 e. The van der Waals surface area contributed by atoms with Gasteiger partial charge < -0.3 is 22.9 Å². The average molecular weight is 877 g/mol. The highest BCUT2D eigenvalue weighted by molar-refractivity contribution is 7.85. The van der Waals surface area contributed by atoms with Gasteiger partial charge in [-0.2, -0.15) is 0 Å². The first-order valence-electron chi connectivity index (χ1n) is 22.8. The molecule has 1 spiro atoms. The third-order valence-corrected chi connectivity index (χ3v) is 17.8. The Hall–Kier alpha value is -8.37. The van der Waals surface area contributed by atoms with Gasteiger partial charge in [-0.15, -0.1) is 0 Å². The molecular weight excluding hydrogens is 840 g/mol. The van der Waals surface area contributed by atoms with E-state index in [2.05, 4.69) is 179 Å². The van der Waals surface area contributed by atoms with Gasteiger partial charge in [-0.25, -0.2) is 0 Å². The lowest BCUT2D eigenvalue weighted by atomic mass is 9.63. The van der Waals surface area contributed by atoms with Gasteiger partial charge in [0.2, 0.25) is 0 Å². The van der Waals surface area contributed by atoms with Gasteiger partial charge >= 0.3 is 0 Å². The summed E-state index contributed by atoms with van der Waals surface area (Å²) in [6.07, 6.45) is 0. The van der Waals surface area contributed by atoms with E-state index in [1.165, 1.54) is 27.1 Å². The minimum Gasteiger partial charge on any atom is -0.457 e. The van der Waals surface area contributed by atoms with Gasteiger partial charge in [-0.05, 0) is 77.9 Å². The van der Waals surface area contributed by atoms with Crippen molar-refractivity contribution in [1.29, 1.82) is 0 Å². The molecule has 2 aliphatic heterocycles. The minimum absolute atomic E-state index is 0.717. The van der Waals surface area contributed by atoms with Crippen molar-refractivity contribution in [3.8, 4) is 22.9 Å². The number of benzene rings is 10. The number of nitrogens with zero attached hydrogens (tertiary/aromatic N) is 2. The number of rotatable bonds is 3. The molecular formula is C61H37N2O3P. The standard InChI is InChI=1S/C61H37N2O3P/c64-67(40-19-5-2-6-20-40)59-30-16-11-25-49(59)61(50-34-46-43-23-9-14-28-55(43)65-57(46)37-60(50)67)47-24-10-15-29-56(47)66-58-33-39(31-32-48(58)61)63-52-27-13-8-22-42(52)45-35-53-44(36-54(45)63)41-21-7-12-26-51(41)62(53)38-17-3-1-4-18-38/h1-37H. The molecule has 5 nitrogen and oxygen atoms in total. The molecule has 0 saturated carbocycles. The van der Waals surface area contributed by atoms with Crippen LogP contribution in [0, 0.1) is 0 Å². The highest BCUT2D eigenvalue weighted by Crippen LogP contribution is 2.62. The van der Waals surface area contributed by atoms with Crippen molar-refractivity contribution in [2.24, 2.45) is 0 Å². The normalized spacial score (nSPS) is 17.3. The monoisotopic (exact) mass is 876 g/mol. The zero-order valence-electron chi connectivity index (χ0n) is 35.9. The maximum absolute atomic E-state index is 16.6. The topological polar surface area (TPSA) is 49.3 Å². The van der Waals surface area contributed by atoms with Crippen molar-refractivity contribution >= 4 is 88.6 Å². The number of fused-ring (bicyclic) bond motifs is 17. The van der Waals surface area contributed by atoms with Gasteiger partial charge in [-0.1, -0.05) is 152 Å². The molecule has 2 atom stereocenters. The van der Waals surface area contributed by atoms with E-state index in [9.17, 15) is 0 Å². The number of hydrogen-bond acceptors (Lipinski definition) is 3. The summed E-state index contributed by atoms with van der Waals surface area (Å²) in [6.45, 7) is 0. The molecule has 0 bridgehead atoms. The van der Waals surface area contributed by atoms with Crippen LogP contribution < -0.4 is 20.7 Å². The highest BCUT2D eigenvalue weighted by atomic mass is 31.2. The first kappa shape index (κ1) is 36.9. The van der Waals surface area contributed by atoms with Crippen LogP contribution in [0.3, 0.4) is 0 Å². The summed E-state index contributed by atoms with van der Waals surface area (Å²) < 4.78 is 35.2. The third kappa shape index (κ3) is 4.76. The van der Waals surface area contributed by atoms with E-state index >= 15 is 4.57 Å². The van der Waals surface area contributed by atoms with Crippen LogP contribution in [0.25, 0.3) is 76.9 Å². The summed E-state index contributed by atoms with van der Waals surface area (Å²) >= 11 is 0. The third-order valence-electron chi connectivity index (χ3n) is 14.6. The lowest BCUT2D eigenvalue weighted by molar-refractivity contribution is 0.435. The van der Waals surface area contributed by atoms with Crippen molar-refractivity contribution in [2.75, 3.05) is 0 Å². The zero-order chi connectivity index (χ0) is 44.0. The first-order valence-corrected chi connectivity index (χ1v) is 24.5. The van der Waals surface area contributed by atoms with Gasteiger partial charge in [0.05, 0.1) is 27.5 Å². The van der Waals surface area contributed by atoms with Crippen molar-refractivity contribution in [2.45, 2.75) is 5.41 Å². The highest BCUT2D eigenvalue weighted by Gasteiger charge is 2.55. The van der Waals surface area contributed by atoms with E-state index in [4.69, 9.17) is 9.15 Å². The fourth-order valence-electron chi connectivity index (χ4n) is 11.9. The molecule has 0 radical (unpaired) electrons. The van der Waals surface area contributed by atoms with Crippen LogP contribution in [0.5, 0.6) is 11.5 Å². The molecule has 10 aromatic carbocycles. The van der Waals surface area contributed by atoms with Gasteiger partial charge in [0.1, 0.15) is 22.7 Å². The molecule has 15 rings (SSSR count). The van der Waals surface area contributed by atoms with Crippen molar-refractivity contribution < 1.29 is 13.7 Å². The molecule has 0 amide bonds. The van der Waals surface area contributed by atoms with Crippen LogP contribution in [-0.2, 0) is 9.98 Å². The second-order valence-corrected chi connectivity index (χ2v) is 20.6. The maximum Gasteiger partial charge on any atom is 0.171 e. The predicted octanol–water partition coefficient (Wildman–Crippen LogP) is 14.2. The van der Waals surface area contributed by atoms with Crippen LogP contribution in [0.15, 0.2) is 229 Å². The summed E-state index contributed by atoms with van der Waals surface area (Å²) in [4.78, 5) is 0. The van der Waals surface area contributed by atoms with E-state index in [1.807, 2.05) is 54.6 Å². The Kier molecular flexibility index (Phi) is 7.36. The van der Waals surface area contributed by atoms with E-state index in [0.717, 1.165) is 93.9 Å². The predicted molar refractivity (Wildman–Crippen MR) is 274 cm³/mol. The Morgan fingerprint density at radius 1 is 0.358 bits per heavy atom. The molecule has 5 heterocycles. The van der Waals surface area contributed by atoms with E-state index in [0.29, 0.717) is 5.58 Å². The van der Waals surface area contributed by atoms with E-state index in [-0.39, 0.29) is 0 Å². The second-order valence-electron chi connectivity index (χ2n) is 17.9. The van der Waals surface area contributed by atoms with E-state index in [1.54, 1.807) is 0 Å². The van der Waals surface area contributed by atoms with Gasteiger partial charge in [0.25, 0.3) is 0 Å². The number of furan rings is 1. The number of ether oxygens (including phenoxy) is 1. The largest absolute Gasteiger partial charge is 0.457 e. The van der Waals surface area contributed by atoms with Crippen LogP contribution in [0.4, 0.5) is 0 Å². The molecule has 3 aromatic heterocycles. The molecule has 0 aliphatic carbocycles. The fraction of sp³-hybridized carbons (Fsp3) is 0.0164. The minimum atomic E-state index is -3.48. The number of hydrogen-bond donors (Lipinski definition) is 0. The van der Waals surface area contributed by atoms with Crippen molar-refractivity contribution in [3.63, 3.8) is 0 Å². The van der Waals surface area contributed by atoms with Gasteiger partial charge in [-0.3, -0.25) is 0 Å². The van der Waals surface area contributed by atoms with Crippen LogP contribution >= 0.6 is 7.14 Å². The average Bonchev–Trinajstić information content (AvgIpc) is 4.04. The molecule has 0 N–H and O–H groups in total. The number of para-hydroxylation sites is 5. The molecule has 0 saturated heterocycles. The van der Waals surface area contributed by atoms with Gasteiger partial charge in [0, 0.05) is 76.8 Å². The molecule has 0 fully saturated rings. The zero-order valence-corrected chi connectivity index (χ0v) is 36.8. The second kappa shape index (κ2) is 13.4. The Bertz CT molecular complexity index is 4300. The summed E-state index contributed by atoms with van der Waals surface area (Å²) in [7, 11) is -3.48. The molecule has 13 aromatic rings. The van der Waals surface area contributed by atoms with Crippen LogP contribution in [0.1, 0.15) is 22.3 Å². The summed E-state index contributed by atoms with van der Waals surface area (Å²) in [5.74, 6) is 1.51. The lowest BCUT2D eigenvalue weighted by Crippen LogP contribution is -2.48. The van der Waals surface area contributed by atoms with Gasteiger partial charge in [0.15, 0.2) is 7.14 Å². The Morgan fingerprint density at radius 2 is 0.940 bits per heavy atom.